The maximum atomic E-state index is 12.8. The summed E-state index contributed by atoms with van der Waals surface area (Å²) in [5.41, 5.74) is 0.118. The number of nitrogens with one attached hydrogen (secondary N) is 1. The first kappa shape index (κ1) is 24.6. The number of rotatable bonds is 11. The van der Waals surface area contributed by atoms with Crippen molar-refractivity contribution in [2.24, 2.45) is 5.92 Å². The molecule has 1 aromatic rings. The molecule has 1 aromatic carbocycles. The molecule has 0 aliphatic heterocycles. The van der Waals surface area contributed by atoms with Gasteiger partial charge in [0.2, 0.25) is 5.91 Å². The van der Waals surface area contributed by atoms with Gasteiger partial charge in [0.25, 0.3) is 0 Å². The third-order valence-corrected chi connectivity index (χ3v) is 4.28. The van der Waals surface area contributed by atoms with Crippen LogP contribution in [0.15, 0.2) is 30.3 Å². The summed E-state index contributed by atoms with van der Waals surface area (Å²) in [5.74, 6) is -2.86. The van der Waals surface area contributed by atoms with Gasteiger partial charge in [-0.05, 0) is 46.1 Å². The highest BCUT2D eigenvalue weighted by Gasteiger charge is 2.29. The summed E-state index contributed by atoms with van der Waals surface area (Å²) in [4.78, 5) is 36.6. The lowest BCUT2D eigenvalue weighted by Gasteiger charge is -2.23. The fourth-order valence-corrected chi connectivity index (χ4v) is 2.91. The summed E-state index contributed by atoms with van der Waals surface area (Å²) in [6, 6.07) is 7.93. The van der Waals surface area contributed by atoms with Gasteiger partial charge in [-0.15, -0.1) is 0 Å². The van der Waals surface area contributed by atoms with E-state index in [1.807, 2.05) is 6.07 Å². The number of carboxylic acids is 1. The monoisotopic (exact) mass is 407 g/mol. The van der Waals surface area contributed by atoms with Crippen LogP contribution in [0.1, 0.15) is 58.9 Å². The van der Waals surface area contributed by atoms with Crippen LogP contribution in [0.25, 0.3) is 0 Å². The molecule has 1 rings (SSSR count). The molecule has 0 saturated carbocycles. The van der Waals surface area contributed by atoms with Gasteiger partial charge in [-0.3, -0.25) is 9.59 Å². The number of aliphatic carboxylic acids is 1. The van der Waals surface area contributed by atoms with Crippen molar-refractivity contribution in [3.8, 4) is 0 Å². The van der Waals surface area contributed by atoms with Crippen LogP contribution >= 0.6 is 0 Å². The van der Waals surface area contributed by atoms with Gasteiger partial charge in [0.05, 0.1) is 12.5 Å². The molecule has 0 aliphatic rings. The number of hydrogen-bond acceptors (Lipinski definition) is 5. The van der Waals surface area contributed by atoms with Crippen molar-refractivity contribution in [1.82, 2.24) is 5.32 Å². The Morgan fingerprint density at radius 1 is 1.10 bits per heavy atom. The Morgan fingerprint density at radius 3 is 2.24 bits per heavy atom. The molecule has 0 aliphatic carbocycles. The minimum absolute atomic E-state index is 0.138. The number of benzene rings is 1. The number of esters is 1. The number of ether oxygens (including phenoxy) is 1. The molecule has 162 valence electrons. The Kier molecular flexibility index (Phi) is 9.81. The van der Waals surface area contributed by atoms with E-state index in [1.54, 1.807) is 52.0 Å². The van der Waals surface area contributed by atoms with E-state index in [0.717, 1.165) is 5.56 Å². The van der Waals surface area contributed by atoms with Gasteiger partial charge < -0.3 is 20.3 Å². The second kappa shape index (κ2) is 11.6. The number of hydrogen-bond donors (Lipinski definition) is 3. The summed E-state index contributed by atoms with van der Waals surface area (Å²) in [6.45, 7) is 6.89. The van der Waals surface area contributed by atoms with Crippen LogP contribution in [0.2, 0.25) is 0 Å². The zero-order chi connectivity index (χ0) is 22.0. The Bertz CT molecular complexity index is 666. The summed E-state index contributed by atoms with van der Waals surface area (Å²) in [7, 11) is 0. The van der Waals surface area contributed by atoms with Gasteiger partial charge in [-0.2, -0.15) is 0 Å². The Hall–Kier alpha value is -2.41. The van der Waals surface area contributed by atoms with Gasteiger partial charge in [-0.25, -0.2) is 4.79 Å². The van der Waals surface area contributed by atoms with Gasteiger partial charge in [0, 0.05) is 12.3 Å². The van der Waals surface area contributed by atoms with Crippen molar-refractivity contribution in [1.29, 1.82) is 0 Å². The number of amides is 1. The molecule has 7 nitrogen and oxygen atoms in total. The van der Waals surface area contributed by atoms with Crippen LogP contribution in [0.5, 0.6) is 0 Å². The predicted molar refractivity (Wildman–Crippen MR) is 109 cm³/mol. The van der Waals surface area contributed by atoms with Crippen LogP contribution in [0, 0.1) is 5.92 Å². The van der Waals surface area contributed by atoms with E-state index in [-0.39, 0.29) is 12.8 Å². The first-order valence-electron chi connectivity index (χ1n) is 9.95. The molecule has 3 atom stereocenters. The van der Waals surface area contributed by atoms with Gasteiger partial charge >= 0.3 is 11.9 Å². The highest BCUT2D eigenvalue weighted by atomic mass is 16.6. The molecule has 0 saturated heterocycles. The van der Waals surface area contributed by atoms with Crippen molar-refractivity contribution in [2.45, 2.75) is 77.5 Å². The van der Waals surface area contributed by atoms with E-state index < -0.39 is 41.5 Å². The standard InChI is InChI=1S/C22H33NO6/c1-15(24)9-8-12-17(14-19(25)29-22(2,3)4)20(26)23-18(21(27)28)13-16-10-6-5-7-11-16/h5-7,10-11,15,17-18,24H,8-9,12-14H2,1-4H3,(H,23,26)(H,27,28)/t15?,17-,18+/m1/s1. The molecule has 0 radical (unpaired) electrons. The molecule has 1 amide bonds. The number of carboxylic acid groups (broad SMARTS) is 1. The van der Waals surface area contributed by atoms with Crippen molar-refractivity contribution in [3.63, 3.8) is 0 Å². The average Bonchev–Trinajstić information content (AvgIpc) is 2.59. The Labute approximate surface area is 172 Å². The molecule has 0 bridgehead atoms. The molecule has 7 heteroatoms. The maximum Gasteiger partial charge on any atom is 0.326 e. The van der Waals surface area contributed by atoms with Crippen LogP contribution in [-0.4, -0.2) is 45.8 Å². The Morgan fingerprint density at radius 2 is 1.72 bits per heavy atom. The predicted octanol–water partition coefficient (Wildman–Crippen LogP) is 2.70. The third-order valence-electron chi connectivity index (χ3n) is 4.28. The van der Waals surface area contributed by atoms with Crippen LogP contribution in [0.4, 0.5) is 0 Å². The molecular formula is C22H33NO6. The molecule has 0 heterocycles. The van der Waals surface area contributed by atoms with E-state index in [0.29, 0.717) is 19.3 Å². The van der Waals surface area contributed by atoms with Crippen molar-refractivity contribution in [2.75, 3.05) is 0 Å². The highest BCUT2D eigenvalue weighted by Crippen LogP contribution is 2.18. The second-order valence-electron chi connectivity index (χ2n) is 8.36. The van der Waals surface area contributed by atoms with E-state index in [4.69, 9.17) is 4.74 Å². The zero-order valence-corrected chi connectivity index (χ0v) is 17.7. The highest BCUT2D eigenvalue weighted by molar-refractivity contribution is 5.87. The van der Waals surface area contributed by atoms with Crippen molar-refractivity contribution in [3.05, 3.63) is 35.9 Å². The smallest absolute Gasteiger partial charge is 0.326 e. The summed E-state index contributed by atoms with van der Waals surface area (Å²) in [6.07, 6.45) is 0.882. The molecule has 29 heavy (non-hydrogen) atoms. The number of carbonyl (C=O) groups excluding carboxylic acids is 2. The largest absolute Gasteiger partial charge is 0.480 e. The van der Waals surface area contributed by atoms with E-state index in [1.165, 1.54) is 0 Å². The van der Waals surface area contributed by atoms with Crippen LogP contribution in [-0.2, 0) is 25.5 Å². The quantitative estimate of drug-likeness (QED) is 0.486. The molecule has 1 unspecified atom stereocenters. The summed E-state index contributed by atoms with van der Waals surface area (Å²) < 4.78 is 5.31. The lowest BCUT2D eigenvalue weighted by atomic mass is 9.95. The SMILES string of the molecule is CC(O)CCC[C@H](CC(=O)OC(C)(C)C)C(=O)N[C@@H](Cc1ccccc1)C(=O)O. The fourth-order valence-electron chi connectivity index (χ4n) is 2.91. The molecular weight excluding hydrogens is 374 g/mol. The molecule has 0 spiro atoms. The first-order chi connectivity index (χ1) is 13.5. The second-order valence-corrected chi connectivity index (χ2v) is 8.36. The minimum atomic E-state index is -1.14. The fraction of sp³-hybridized carbons (Fsp3) is 0.591. The van der Waals surface area contributed by atoms with E-state index >= 15 is 0 Å². The Balaban J connectivity index is 2.83. The van der Waals surface area contributed by atoms with E-state index in [9.17, 15) is 24.6 Å². The number of carbonyl (C=O) groups is 3. The summed E-state index contributed by atoms with van der Waals surface area (Å²) in [5, 5.41) is 21.5. The van der Waals surface area contributed by atoms with Crippen LogP contribution < -0.4 is 5.32 Å². The van der Waals surface area contributed by atoms with E-state index in [2.05, 4.69) is 5.32 Å². The topological polar surface area (TPSA) is 113 Å². The zero-order valence-electron chi connectivity index (χ0n) is 17.7. The first-order valence-corrected chi connectivity index (χ1v) is 9.95. The van der Waals surface area contributed by atoms with Crippen LogP contribution in [0.3, 0.4) is 0 Å². The minimum Gasteiger partial charge on any atom is -0.480 e. The van der Waals surface area contributed by atoms with Gasteiger partial charge in [-0.1, -0.05) is 36.8 Å². The lowest BCUT2D eigenvalue weighted by molar-refractivity contribution is -0.157. The van der Waals surface area contributed by atoms with Gasteiger partial charge in [0.1, 0.15) is 11.6 Å². The normalized spacial score (nSPS) is 14.5. The van der Waals surface area contributed by atoms with Crippen molar-refractivity contribution >= 4 is 17.8 Å². The third kappa shape index (κ3) is 10.6. The van der Waals surface area contributed by atoms with Gasteiger partial charge in [0.15, 0.2) is 0 Å². The maximum absolute atomic E-state index is 12.8. The molecule has 3 N–H and O–H groups in total. The number of aliphatic hydroxyl groups is 1. The van der Waals surface area contributed by atoms with Crippen molar-refractivity contribution < 1.29 is 29.3 Å². The molecule has 0 aromatic heterocycles. The lowest BCUT2D eigenvalue weighted by Crippen LogP contribution is -2.45. The number of aliphatic hydroxyl groups excluding tert-OH is 1. The summed E-state index contributed by atoms with van der Waals surface area (Å²) >= 11 is 0. The average molecular weight is 408 g/mol. The molecule has 0 fully saturated rings.